The normalized spacial score (nSPS) is 12.4. The van der Waals surface area contributed by atoms with Crippen molar-refractivity contribution in [3.63, 3.8) is 0 Å². The Morgan fingerprint density at radius 3 is 2.58 bits per heavy atom. The smallest absolute Gasteiger partial charge is 0.129 e. The molecule has 0 saturated carbocycles. The average molecular weight is 280 g/mol. The van der Waals surface area contributed by atoms with Gasteiger partial charge in [-0.05, 0) is 17.7 Å². The number of benzene rings is 2. The summed E-state index contributed by atoms with van der Waals surface area (Å²) < 4.78 is 13.5. The van der Waals surface area contributed by atoms with Crippen molar-refractivity contribution in [2.45, 2.75) is 12.6 Å². The molecule has 1 atom stereocenters. The molecule has 0 aromatic heterocycles. The fourth-order valence-electron chi connectivity index (χ4n) is 1.80. The molecule has 4 heteroatoms. The molecule has 0 radical (unpaired) electrons. The summed E-state index contributed by atoms with van der Waals surface area (Å²) in [5.41, 5.74) is 1.37. The molecule has 2 rings (SSSR count). The molecule has 2 aromatic carbocycles. The average Bonchev–Trinajstić information content (AvgIpc) is 2.42. The minimum absolute atomic E-state index is 0.339. The van der Waals surface area contributed by atoms with Crippen molar-refractivity contribution in [1.82, 2.24) is 5.32 Å². The Labute approximate surface area is 116 Å². The van der Waals surface area contributed by atoms with Gasteiger partial charge in [0, 0.05) is 23.7 Å². The summed E-state index contributed by atoms with van der Waals surface area (Å²) in [5, 5.41) is 13.3. The second kappa shape index (κ2) is 6.66. The van der Waals surface area contributed by atoms with Crippen LogP contribution in [0, 0.1) is 5.82 Å². The molecular formula is C15H15ClFNO. The minimum Gasteiger partial charge on any atom is -0.387 e. The molecule has 0 fully saturated rings. The molecule has 1 unspecified atom stereocenters. The highest BCUT2D eigenvalue weighted by Crippen LogP contribution is 2.15. The van der Waals surface area contributed by atoms with Crippen LogP contribution in [0.1, 0.15) is 17.2 Å². The number of halogens is 2. The molecule has 0 saturated heterocycles. The molecule has 2 aromatic rings. The quantitative estimate of drug-likeness (QED) is 0.880. The first-order chi connectivity index (χ1) is 9.16. The predicted octanol–water partition coefficient (Wildman–Crippen LogP) is 3.30. The third-order valence-electron chi connectivity index (χ3n) is 2.85. The summed E-state index contributed by atoms with van der Waals surface area (Å²) in [4.78, 5) is 0. The van der Waals surface area contributed by atoms with E-state index < -0.39 is 6.10 Å². The zero-order valence-electron chi connectivity index (χ0n) is 10.3. The van der Waals surface area contributed by atoms with Crippen LogP contribution in [0.5, 0.6) is 0 Å². The number of rotatable bonds is 5. The highest BCUT2D eigenvalue weighted by molar-refractivity contribution is 6.30. The Kier molecular flexibility index (Phi) is 4.91. The van der Waals surface area contributed by atoms with Crippen LogP contribution < -0.4 is 5.32 Å². The maximum Gasteiger partial charge on any atom is 0.129 e. The third kappa shape index (κ3) is 4.03. The van der Waals surface area contributed by atoms with Crippen LogP contribution in [-0.4, -0.2) is 11.7 Å². The first-order valence-electron chi connectivity index (χ1n) is 6.04. The molecule has 0 bridgehead atoms. The molecule has 100 valence electrons. The van der Waals surface area contributed by atoms with Crippen LogP contribution in [0.15, 0.2) is 48.5 Å². The Balaban J connectivity index is 1.86. The van der Waals surface area contributed by atoms with Crippen molar-refractivity contribution in [3.8, 4) is 0 Å². The number of hydrogen-bond donors (Lipinski definition) is 2. The predicted molar refractivity (Wildman–Crippen MR) is 74.5 cm³/mol. The van der Waals surface area contributed by atoms with Gasteiger partial charge in [-0.1, -0.05) is 48.0 Å². The molecular weight excluding hydrogens is 265 g/mol. The van der Waals surface area contributed by atoms with E-state index in [9.17, 15) is 9.50 Å². The summed E-state index contributed by atoms with van der Waals surface area (Å²) in [6.45, 7) is 0.721. The fourth-order valence-corrected chi connectivity index (χ4v) is 1.96. The van der Waals surface area contributed by atoms with E-state index in [1.807, 2.05) is 30.3 Å². The van der Waals surface area contributed by atoms with E-state index in [4.69, 9.17) is 11.6 Å². The fraction of sp³-hybridized carbons (Fsp3) is 0.200. The van der Waals surface area contributed by atoms with Gasteiger partial charge in [-0.2, -0.15) is 0 Å². The summed E-state index contributed by atoms with van der Waals surface area (Å²) in [6, 6.07) is 13.9. The highest BCUT2D eigenvalue weighted by Gasteiger charge is 2.07. The topological polar surface area (TPSA) is 32.3 Å². The minimum atomic E-state index is -0.600. The Hall–Kier alpha value is -1.42. The maximum atomic E-state index is 13.5. The SMILES string of the molecule is OC(CNCc1ccc(Cl)cc1F)c1ccccc1. The molecule has 0 aliphatic carbocycles. The second-order valence-electron chi connectivity index (χ2n) is 4.29. The van der Waals surface area contributed by atoms with E-state index in [0.717, 1.165) is 5.56 Å². The van der Waals surface area contributed by atoms with Gasteiger partial charge in [0.15, 0.2) is 0 Å². The van der Waals surface area contributed by atoms with E-state index in [0.29, 0.717) is 23.7 Å². The van der Waals surface area contributed by atoms with Gasteiger partial charge in [-0.25, -0.2) is 4.39 Å². The lowest BCUT2D eigenvalue weighted by Gasteiger charge is -2.12. The van der Waals surface area contributed by atoms with E-state index in [2.05, 4.69) is 5.32 Å². The molecule has 0 aliphatic rings. The van der Waals surface area contributed by atoms with Crippen LogP contribution in [0.4, 0.5) is 4.39 Å². The zero-order chi connectivity index (χ0) is 13.7. The first kappa shape index (κ1) is 14.0. The molecule has 2 nitrogen and oxygen atoms in total. The van der Waals surface area contributed by atoms with Crippen molar-refractivity contribution >= 4 is 11.6 Å². The second-order valence-corrected chi connectivity index (χ2v) is 4.73. The summed E-state index contributed by atoms with van der Waals surface area (Å²) in [6.07, 6.45) is -0.600. The third-order valence-corrected chi connectivity index (χ3v) is 3.09. The van der Waals surface area contributed by atoms with Gasteiger partial charge in [-0.3, -0.25) is 0 Å². The van der Waals surface area contributed by atoms with Crippen molar-refractivity contribution in [3.05, 3.63) is 70.5 Å². The van der Waals surface area contributed by atoms with Gasteiger partial charge in [0.1, 0.15) is 5.82 Å². The van der Waals surface area contributed by atoms with Gasteiger partial charge in [0.25, 0.3) is 0 Å². The van der Waals surface area contributed by atoms with Gasteiger partial charge >= 0.3 is 0 Å². The van der Waals surface area contributed by atoms with Crippen molar-refractivity contribution < 1.29 is 9.50 Å². The van der Waals surface area contributed by atoms with Crippen LogP contribution in [0.2, 0.25) is 5.02 Å². The largest absolute Gasteiger partial charge is 0.387 e. The molecule has 0 heterocycles. The maximum absolute atomic E-state index is 13.5. The molecule has 0 aliphatic heterocycles. The summed E-state index contributed by atoms with van der Waals surface area (Å²) in [5.74, 6) is -0.339. The first-order valence-corrected chi connectivity index (χ1v) is 6.42. The Morgan fingerprint density at radius 1 is 1.16 bits per heavy atom. The van der Waals surface area contributed by atoms with Crippen LogP contribution in [0.3, 0.4) is 0 Å². The lowest BCUT2D eigenvalue weighted by molar-refractivity contribution is 0.174. The van der Waals surface area contributed by atoms with Gasteiger partial charge < -0.3 is 10.4 Å². The monoisotopic (exact) mass is 279 g/mol. The summed E-state index contributed by atoms with van der Waals surface area (Å²) >= 11 is 5.68. The Bertz CT molecular complexity index is 533. The number of nitrogens with one attached hydrogen (secondary N) is 1. The van der Waals surface area contributed by atoms with Crippen LogP contribution in [0.25, 0.3) is 0 Å². The van der Waals surface area contributed by atoms with Gasteiger partial charge in [0.2, 0.25) is 0 Å². The lowest BCUT2D eigenvalue weighted by atomic mass is 10.1. The standard InChI is InChI=1S/C15H15ClFNO/c16-13-7-6-12(14(17)8-13)9-18-10-15(19)11-4-2-1-3-5-11/h1-8,15,18-19H,9-10H2. The number of aliphatic hydroxyl groups is 1. The molecule has 0 amide bonds. The van der Waals surface area contributed by atoms with E-state index in [-0.39, 0.29) is 5.82 Å². The van der Waals surface area contributed by atoms with E-state index >= 15 is 0 Å². The van der Waals surface area contributed by atoms with E-state index in [1.54, 1.807) is 12.1 Å². The van der Waals surface area contributed by atoms with Crippen molar-refractivity contribution in [1.29, 1.82) is 0 Å². The number of aliphatic hydroxyl groups excluding tert-OH is 1. The van der Waals surface area contributed by atoms with Crippen LogP contribution >= 0.6 is 11.6 Å². The van der Waals surface area contributed by atoms with Crippen LogP contribution in [-0.2, 0) is 6.54 Å². The molecule has 0 spiro atoms. The molecule has 2 N–H and O–H groups in total. The summed E-state index contributed by atoms with van der Waals surface area (Å²) in [7, 11) is 0. The van der Waals surface area contributed by atoms with E-state index in [1.165, 1.54) is 6.07 Å². The molecule has 19 heavy (non-hydrogen) atoms. The van der Waals surface area contributed by atoms with Crippen molar-refractivity contribution in [2.24, 2.45) is 0 Å². The van der Waals surface area contributed by atoms with Gasteiger partial charge in [-0.15, -0.1) is 0 Å². The highest BCUT2D eigenvalue weighted by atomic mass is 35.5. The Morgan fingerprint density at radius 2 is 1.89 bits per heavy atom. The zero-order valence-corrected chi connectivity index (χ0v) is 11.1. The van der Waals surface area contributed by atoms with Gasteiger partial charge in [0.05, 0.1) is 6.10 Å². The number of hydrogen-bond acceptors (Lipinski definition) is 2. The van der Waals surface area contributed by atoms with Crippen molar-refractivity contribution in [2.75, 3.05) is 6.54 Å². The lowest BCUT2D eigenvalue weighted by Crippen LogP contribution is -2.21.